The second kappa shape index (κ2) is 8.04. The number of amides is 2. The van der Waals surface area contributed by atoms with E-state index in [0.717, 1.165) is 0 Å². The molecule has 1 N–H and O–H groups in total. The summed E-state index contributed by atoms with van der Waals surface area (Å²) in [7, 11) is 0. The van der Waals surface area contributed by atoms with Crippen molar-refractivity contribution in [3.8, 4) is 0 Å². The van der Waals surface area contributed by atoms with Crippen LogP contribution >= 0.6 is 0 Å². The fourth-order valence-electron chi connectivity index (χ4n) is 3.05. The summed E-state index contributed by atoms with van der Waals surface area (Å²) >= 11 is 0. The summed E-state index contributed by atoms with van der Waals surface area (Å²) in [6.45, 7) is 0.113. The molecule has 1 fully saturated rings. The van der Waals surface area contributed by atoms with Crippen LogP contribution in [-0.2, 0) is 12.4 Å². The van der Waals surface area contributed by atoms with Crippen molar-refractivity contribution in [3.63, 3.8) is 0 Å². The molecule has 11 heteroatoms. The van der Waals surface area contributed by atoms with Crippen molar-refractivity contribution in [3.05, 3.63) is 59.4 Å². The van der Waals surface area contributed by atoms with Gasteiger partial charge >= 0.3 is 18.4 Å². The van der Waals surface area contributed by atoms with Crippen LogP contribution in [0.25, 0.3) is 0 Å². The molecule has 2 aromatic carbocycles. The molecule has 1 heterocycles. The average molecular weight is 435 g/mol. The maximum Gasteiger partial charge on any atom is 0.416 e. The fourth-order valence-corrected chi connectivity index (χ4v) is 3.05. The van der Waals surface area contributed by atoms with Crippen molar-refractivity contribution >= 4 is 17.4 Å². The Labute approximate surface area is 166 Å². The number of carbonyl (C=O) groups is 1. The number of nitrogens with one attached hydrogen (secondary N) is 1. The molecule has 0 radical (unpaired) electrons. The third-order valence-electron chi connectivity index (χ3n) is 4.62. The molecule has 0 saturated carbocycles. The second-order valence-corrected chi connectivity index (χ2v) is 6.65. The summed E-state index contributed by atoms with van der Waals surface area (Å²) in [5.41, 5.74) is -3.05. The number of hydrogen-bond donors (Lipinski definition) is 1. The van der Waals surface area contributed by atoms with Gasteiger partial charge in [0.15, 0.2) is 0 Å². The minimum Gasteiger partial charge on any atom is -0.368 e. The van der Waals surface area contributed by atoms with Gasteiger partial charge in [0, 0.05) is 31.9 Å². The molecule has 1 saturated heterocycles. The number of piperazine rings is 1. The summed E-state index contributed by atoms with van der Waals surface area (Å²) in [6.07, 6.45) is -9.87. The zero-order chi connectivity index (χ0) is 22.1. The Kier molecular flexibility index (Phi) is 5.82. The molecule has 2 aromatic rings. The normalized spacial score (nSPS) is 15.3. The smallest absolute Gasteiger partial charge is 0.368 e. The number of anilines is 2. The number of benzene rings is 2. The van der Waals surface area contributed by atoms with Gasteiger partial charge in [0.2, 0.25) is 0 Å². The zero-order valence-corrected chi connectivity index (χ0v) is 15.3. The van der Waals surface area contributed by atoms with E-state index >= 15 is 0 Å². The lowest BCUT2D eigenvalue weighted by Crippen LogP contribution is -2.50. The van der Waals surface area contributed by atoms with Gasteiger partial charge in [-0.1, -0.05) is 12.1 Å². The maximum atomic E-state index is 13.6. The van der Waals surface area contributed by atoms with E-state index in [1.54, 1.807) is 0 Å². The van der Waals surface area contributed by atoms with Crippen molar-refractivity contribution in [1.29, 1.82) is 0 Å². The predicted octanol–water partition coefficient (Wildman–Crippen LogP) is 5.22. The molecule has 1 aliphatic heterocycles. The number of carbonyl (C=O) groups excluding carboxylic acids is 1. The largest absolute Gasteiger partial charge is 0.416 e. The number of urea groups is 1. The molecule has 0 spiro atoms. The van der Waals surface area contributed by atoms with Crippen molar-refractivity contribution in [2.45, 2.75) is 12.4 Å². The first kappa shape index (κ1) is 21.7. The van der Waals surface area contributed by atoms with Crippen molar-refractivity contribution in [1.82, 2.24) is 4.90 Å². The first-order valence-corrected chi connectivity index (χ1v) is 8.80. The Balaban J connectivity index is 1.73. The quantitative estimate of drug-likeness (QED) is 0.657. The van der Waals surface area contributed by atoms with Gasteiger partial charge < -0.3 is 15.1 Å². The molecule has 4 nitrogen and oxygen atoms in total. The Morgan fingerprint density at radius 1 is 0.833 bits per heavy atom. The number of para-hydroxylation sites is 1. The highest BCUT2D eigenvalue weighted by Gasteiger charge is 2.37. The Hall–Kier alpha value is -2.98. The van der Waals surface area contributed by atoms with Gasteiger partial charge in [-0.2, -0.15) is 26.3 Å². The topological polar surface area (TPSA) is 35.6 Å². The Bertz CT molecular complexity index is 887. The van der Waals surface area contributed by atoms with E-state index in [1.807, 2.05) is 0 Å². The van der Waals surface area contributed by atoms with E-state index < -0.39 is 35.3 Å². The van der Waals surface area contributed by atoms with Gasteiger partial charge in [-0.15, -0.1) is 0 Å². The lowest BCUT2D eigenvalue weighted by Gasteiger charge is -2.36. The van der Waals surface area contributed by atoms with Crippen molar-refractivity contribution < 1.29 is 35.5 Å². The lowest BCUT2D eigenvalue weighted by molar-refractivity contribution is -0.143. The van der Waals surface area contributed by atoms with E-state index in [-0.39, 0.29) is 43.6 Å². The van der Waals surface area contributed by atoms with Crippen LogP contribution in [0.4, 0.5) is 46.9 Å². The highest BCUT2D eigenvalue weighted by Crippen LogP contribution is 2.38. The van der Waals surface area contributed by atoms with Crippen molar-refractivity contribution in [2.24, 2.45) is 0 Å². The molecule has 0 unspecified atom stereocenters. The van der Waals surface area contributed by atoms with Gasteiger partial charge in [-0.05, 0) is 30.3 Å². The number of hydrogen-bond acceptors (Lipinski definition) is 2. The zero-order valence-electron chi connectivity index (χ0n) is 15.3. The van der Waals surface area contributed by atoms with Gasteiger partial charge in [-0.25, -0.2) is 9.18 Å². The van der Waals surface area contributed by atoms with Gasteiger partial charge in [-0.3, -0.25) is 0 Å². The number of halogens is 7. The molecular formula is C19H16F7N3O. The summed E-state index contributed by atoms with van der Waals surface area (Å²) in [4.78, 5) is 14.9. The molecule has 30 heavy (non-hydrogen) atoms. The third-order valence-corrected chi connectivity index (χ3v) is 4.62. The minimum atomic E-state index is -4.93. The maximum absolute atomic E-state index is 13.6. The first-order chi connectivity index (χ1) is 13.9. The van der Waals surface area contributed by atoms with Crippen LogP contribution in [0.1, 0.15) is 11.1 Å². The molecule has 0 bridgehead atoms. The van der Waals surface area contributed by atoms with E-state index in [4.69, 9.17) is 0 Å². The molecular weight excluding hydrogens is 419 g/mol. The highest BCUT2D eigenvalue weighted by molar-refractivity contribution is 5.89. The summed E-state index contributed by atoms with van der Waals surface area (Å²) in [5.74, 6) is -0.631. The third kappa shape index (κ3) is 4.95. The van der Waals surface area contributed by atoms with Gasteiger partial charge in [0.1, 0.15) is 5.82 Å². The number of rotatable bonds is 2. The number of nitrogens with zero attached hydrogens (tertiary/aromatic N) is 2. The molecule has 0 aliphatic carbocycles. The molecule has 3 rings (SSSR count). The summed E-state index contributed by atoms with van der Waals surface area (Å²) < 4.78 is 91.8. The van der Waals surface area contributed by atoms with E-state index in [1.165, 1.54) is 34.1 Å². The van der Waals surface area contributed by atoms with Crippen LogP contribution in [0.3, 0.4) is 0 Å². The SMILES string of the molecule is O=C(Nc1ccccc1F)N1CCN(c2cc(C(F)(F)F)cc(C(F)(F)F)c2)CC1. The second-order valence-electron chi connectivity index (χ2n) is 6.65. The number of alkyl halides is 6. The average Bonchev–Trinajstić information content (AvgIpc) is 2.68. The van der Waals surface area contributed by atoms with Crippen LogP contribution in [0.15, 0.2) is 42.5 Å². The van der Waals surface area contributed by atoms with E-state index in [2.05, 4.69) is 5.32 Å². The fraction of sp³-hybridized carbons (Fsp3) is 0.316. The predicted molar refractivity (Wildman–Crippen MR) is 95.7 cm³/mol. The molecule has 0 aromatic heterocycles. The molecule has 2 amide bonds. The summed E-state index contributed by atoms with van der Waals surface area (Å²) in [6, 6.07) is 6.29. The lowest BCUT2D eigenvalue weighted by atomic mass is 10.1. The minimum absolute atomic E-state index is 0.0172. The van der Waals surface area contributed by atoms with Crippen LogP contribution in [0, 0.1) is 5.82 Å². The molecule has 162 valence electrons. The Morgan fingerprint density at radius 2 is 1.37 bits per heavy atom. The summed E-state index contributed by atoms with van der Waals surface area (Å²) in [5, 5.41) is 2.39. The van der Waals surface area contributed by atoms with Gasteiger partial charge in [0.25, 0.3) is 0 Å². The van der Waals surface area contributed by atoms with Crippen LogP contribution in [-0.4, -0.2) is 37.1 Å². The highest BCUT2D eigenvalue weighted by atomic mass is 19.4. The van der Waals surface area contributed by atoms with Gasteiger partial charge in [0.05, 0.1) is 16.8 Å². The van der Waals surface area contributed by atoms with Crippen LogP contribution < -0.4 is 10.2 Å². The van der Waals surface area contributed by atoms with Crippen molar-refractivity contribution in [2.75, 3.05) is 36.4 Å². The van der Waals surface area contributed by atoms with Crippen LogP contribution in [0.2, 0.25) is 0 Å². The standard InChI is InChI=1S/C19H16F7N3O/c20-15-3-1-2-4-16(15)27-17(30)29-7-5-28(6-8-29)14-10-12(18(21,22)23)9-13(11-14)19(24,25)26/h1-4,9-11H,5-8H2,(H,27,30). The monoisotopic (exact) mass is 435 g/mol. The molecule has 1 aliphatic rings. The Morgan fingerprint density at radius 3 is 1.87 bits per heavy atom. The first-order valence-electron chi connectivity index (χ1n) is 8.80. The van der Waals surface area contributed by atoms with E-state index in [9.17, 15) is 35.5 Å². The molecule has 0 atom stereocenters. The van der Waals surface area contributed by atoms with E-state index in [0.29, 0.717) is 12.1 Å². The van der Waals surface area contributed by atoms with Crippen LogP contribution in [0.5, 0.6) is 0 Å².